The molecule has 7 heteroatoms. The number of benzene rings is 3. The highest BCUT2D eigenvalue weighted by Gasteiger charge is 2.22. The van der Waals surface area contributed by atoms with Crippen molar-refractivity contribution in [3.63, 3.8) is 0 Å². The van der Waals surface area contributed by atoms with Gasteiger partial charge in [-0.15, -0.1) is 0 Å². The quantitative estimate of drug-likeness (QED) is 0.249. The molecule has 0 unspecified atom stereocenters. The summed E-state index contributed by atoms with van der Waals surface area (Å²) in [7, 11) is 1.57. The van der Waals surface area contributed by atoms with Crippen molar-refractivity contribution in [1.29, 1.82) is 0 Å². The van der Waals surface area contributed by atoms with Gasteiger partial charge >= 0.3 is 5.97 Å². The van der Waals surface area contributed by atoms with E-state index in [0.29, 0.717) is 38.9 Å². The number of carbonyl (C=O) groups excluding carboxylic acids is 2. The van der Waals surface area contributed by atoms with E-state index >= 15 is 0 Å². The van der Waals surface area contributed by atoms with Gasteiger partial charge in [0.05, 0.1) is 19.0 Å². The van der Waals surface area contributed by atoms with Crippen molar-refractivity contribution in [1.82, 2.24) is 4.57 Å². The number of fused-ring (bicyclic) bond motifs is 1. The molecule has 1 aromatic heterocycles. The first kappa shape index (κ1) is 23.4. The van der Waals surface area contributed by atoms with Gasteiger partial charge in [-0.25, -0.2) is 0 Å². The van der Waals surface area contributed by atoms with Crippen LogP contribution in [0.2, 0.25) is 5.02 Å². The summed E-state index contributed by atoms with van der Waals surface area (Å²) in [5.74, 6) is 0.737. The molecule has 1 heterocycles. The topological polar surface area (TPSA) is 66.8 Å². The van der Waals surface area contributed by atoms with Crippen LogP contribution in [0.1, 0.15) is 21.6 Å². The Morgan fingerprint density at radius 3 is 2.35 bits per heavy atom. The normalized spacial score (nSPS) is 10.8. The van der Waals surface area contributed by atoms with Crippen LogP contribution in [0, 0.1) is 6.92 Å². The lowest BCUT2D eigenvalue weighted by Crippen LogP contribution is -2.16. The van der Waals surface area contributed by atoms with Crippen molar-refractivity contribution in [3.05, 3.63) is 94.6 Å². The van der Waals surface area contributed by atoms with Gasteiger partial charge in [-0.2, -0.15) is 0 Å². The summed E-state index contributed by atoms with van der Waals surface area (Å²) in [4.78, 5) is 26.0. The van der Waals surface area contributed by atoms with E-state index in [-0.39, 0.29) is 25.5 Å². The Morgan fingerprint density at radius 2 is 1.65 bits per heavy atom. The van der Waals surface area contributed by atoms with Crippen LogP contribution in [0.3, 0.4) is 0 Å². The van der Waals surface area contributed by atoms with Crippen molar-refractivity contribution < 1.29 is 23.8 Å². The van der Waals surface area contributed by atoms with Gasteiger partial charge in [0.15, 0.2) is 0 Å². The molecule has 0 N–H and O–H groups in total. The van der Waals surface area contributed by atoms with Gasteiger partial charge in [-0.05, 0) is 67.1 Å². The third-order valence-electron chi connectivity index (χ3n) is 5.52. The number of esters is 1. The van der Waals surface area contributed by atoms with Crippen LogP contribution in [0.15, 0.2) is 72.8 Å². The number of methoxy groups -OCH3 is 1. The zero-order valence-corrected chi connectivity index (χ0v) is 19.7. The average molecular weight is 478 g/mol. The molecule has 0 aliphatic heterocycles. The first-order chi connectivity index (χ1) is 16.5. The van der Waals surface area contributed by atoms with Crippen molar-refractivity contribution in [3.8, 4) is 11.5 Å². The molecule has 0 aliphatic carbocycles. The molecule has 0 saturated heterocycles. The maximum Gasteiger partial charge on any atom is 0.310 e. The van der Waals surface area contributed by atoms with E-state index < -0.39 is 5.97 Å². The molecule has 0 saturated carbocycles. The minimum atomic E-state index is -0.402. The second-order valence-electron chi connectivity index (χ2n) is 7.65. The van der Waals surface area contributed by atoms with Gasteiger partial charge in [-0.1, -0.05) is 29.8 Å². The number of hydrogen-bond donors (Lipinski definition) is 0. The summed E-state index contributed by atoms with van der Waals surface area (Å²) in [6, 6.07) is 21.5. The number of nitrogens with zero attached hydrogens (tertiary/aromatic N) is 1. The highest BCUT2D eigenvalue weighted by molar-refractivity contribution is 6.30. The van der Waals surface area contributed by atoms with Gasteiger partial charge in [0.2, 0.25) is 0 Å². The van der Waals surface area contributed by atoms with E-state index in [4.69, 9.17) is 25.8 Å². The van der Waals surface area contributed by atoms with Gasteiger partial charge in [0.1, 0.15) is 24.7 Å². The van der Waals surface area contributed by atoms with Crippen molar-refractivity contribution in [2.75, 3.05) is 20.3 Å². The third kappa shape index (κ3) is 5.07. The first-order valence-corrected chi connectivity index (χ1v) is 11.2. The lowest BCUT2D eigenvalue weighted by molar-refractivity contribution is -0.143. The Morgan fingerprint density at radius 1 is 0.912 bits per heavy atom. The van der Waals surface area contributed by atoms with Gasteiger partial charge in [0.25, 0.3) is 5.91 Å². The summed E-state index contributed by atoms with van der Waals surface area (Å²) in [5.41, 5.74) is 2.56. The monoisotopic (exact) mass is 477 g/mol. The fraction of sp³-hybridized carbons (Fsp3) is 0.185. The SMILES string of the molecule is COc1ccc2c(c1)c(CC(=O)OCCOc1ccccc1)c(C)n2C(=O)c1ccc(Cl)cc1. The van der Waals surface area contributed by atoms with E-state index in [1.165, 1.54) is 0 Å². The molecule has 0 amide bonds. The molecule has 3 aromatic carbocycles. The van der Waals surface area contributed by atoms with Crippen LogP contribution in [0.5, 0.6) is 11.5 Å². The average Bonchev–Trinajstić information content (AvgIpc) is 3.12. The molecular formula is C27H24ClNO5. The highest BCUT2D eigenvalue weighted by Crippen LogP contribution is 2.31. The van der Waals surface area contributed by atoms with Crippen LogP contribution in [-0.4, -0.2) is 36.8 Å². The lowest BCUT2D eigenvalue weighted by atomic mass is 10.1. The summed E-state index contributed by atoms with van der Waals surface area (Å²) in [6.07, 6.45) is 0.0156. The minimum Gasteiger partial charge on any atom is -0.497 e. The Kier molecular flexibility index (Phi) is 7.18. The predicted octanol–water partition coefficient (Wildman–Crippen LogP) is 5.46. The molecule has 0 aliphatic rings. The van der Waals surface area contributed by atoms with E-state index in [1.54, 1.807) is 42.0 Å². The van der Waals surface area contributed by atoms with Crippen LogP contribution in [-0.2, 0) is 16.0 Å². The molecule has 0 spiro atoms. The number of carbonyl (C=O) groups is 2. The Labute approximate surface area is 202 Å². The predicted molar refractivity (Wildman–Crippen MR) is 131 cm³/mol. The minimum absolute atomic E-state index is 0.0156. The fourth-order valence-corrected chi connectivity index (χ4v) is 3.95. The molecule has 0 fully saturated rings. The third-order valence-corrected chi connectivity index (χ3v) is 5.77. The number of hydrogen-bond acceptors (Lipinski definition) is 5. The van der Waals surface area contributed by atoms with Crippen LogP contribution in [0.25, 0.3) is 10.9 Å². The molecule has 0 bridgehead atoms. The second-order valence-corrected chi connectivity index (χ2v) is 8.09. The van der Waals surface area contributed by atoms with Crippen molar-refractivity contribution >= 4 is 34.4 Å². The smallest absolute Gasteiger partial charge is 0.310 e. The van der Waals surface area contributed by atoms with E-state index in [2.05, 4.69) is 0 Å². The van der Waals surface area contributed by atoms with Gasteiger partial charge < -0.3 is 14.2 Å². The second kappa shape index (κ2) is 10.4. The lowest BCUT2D eigenvalue weighted by Gasteiger charge is -2.09. The number of para-hydroxylation sites is 1. The van der Waals surface area contributed by atoms with E-state index in [0.717, 1.165) is 5.39 Å². The summed E-state index contributed by atoms with van der Waals surface area (Å²) in [6.45, 7) is 2.19. The highest BCUT2D eigenvalue weighted by atomic mass is 35.5. The summed E-state index contributed by atoms with van der Waals surface area (Å²) >= 11 is 5.98. The van der Waals surface area contributed by atoms with E-state index in [1.807, 2.05) is 49.4 Å². The molecule has 0 radical (unpaired) electrons. The molecule has 4 aromatic rings. The first-order valence-electron chi connectivity index (χ1n) is 10.8. The zero-order valence-electron chi connectivity index (χ0n) is 18.9. The van der Waals surface area contributed by atoms with Crippen LogP contribution >= 0.6 is 11.6 Å². The largest absolute Gasteiger partial charge is 0.497 e. The molecule has 4 rings (SSSR count). The summed E-state index contributed by atoms with van der Waals surface area (Å²) < 4.78 is 17.9. The molecular weight excluding hydrogens is 454 g/mol. The maximum absolute atomic E-state index is 13.3. The van der Waals surface area contributed by atoms with Gasteiger partial charge in [0, 0.05) is 21.7 Å². The van der Waals surface area contributed by atoms with Crippen LogP contribution < -0.4 is 9.47 Å². The number of halogens is 1. The van der Waals surface area contributed by atoms with Gasteiger partial charge in [-0.3, -0.25) is 14.2 Å². The molecule has 6 nitrogen and oxygen atoms in total. The Bertz CT molecular complexity index is 1310. The van der Waals surface area contributed by atoms with Crippen molar-refractivity contribution in [2.24, 2.45) is 0 Å². The van der Waals surface area contributed by atoms with E-state index in [9.17, 15) is 9.59 Å². The summed E-state index contributed by atoms with van der Waals surface area (Å²) in [5, 5.41) is 1.31. The molecule has 34 heavy (non-hydrogen) atoms. The zero-order chi connectivity index (χ0) is 24.1. The number of ether oxygens (including phenoxy) is 3. The molecule has 0 atom stereocenters. The van der Waals surface area contributed by atoms with Crippen molar-refractivity contribution in [2.45, 2.75) is 13.3 Å². The standard InChI is InChI=1S/C27H24ClNO5/c1-18-23(17-26(30)34-15-14-33-21-6-4-3-5-7-21)24-16-22(32-2)12-13-25(24)29(18)27(31)19-8-10-20(28)11-9-19/h3-13,16H,14-15,17H2,1-2H3. The Hall–Kier alpha value is -3.77. The van der Waals surface area contributed by atoms with Crippen LogP contribution in [0.4, 0.5) is 0 Å². The Balaban J connectivity index is 1.56. The number of aromatic nitrogens is 1. The number of rotatable bonds is 8. The molecule has 174 valence electrons. The fourth-order valence-electron chi connectivity index (χ4n) is 3.82. The maximum atomic E-state index is 13.3.